The minimum Gasteiger partial charge on any atom is -0.354 e. The molecule has 2 rings (SSSR count). The second-order valence-electron chi connectivity index (χ2n) is 4.52. The lowest BCUT2D eigenvalue weighted by atomic mass is 10.5. The zero-order chi connectivity index (χ0) is 15.2. The Morgan fingerprint density at radius 3 is 2.59 bits per heavy atom. The van der Waals surface area contributed by atoms with Gasteiger partial charge in [0.25, 0.3) is 0 Å². The van der Waals surface area contributed by atoms with E-state index in [1.807, 2.05) is 24.4 Å². The van der Waals surface area contributed by atoms with Gasteiger partial charge in [0, 0.05) is 33.4 Å². The number of halogens is 1. The van der Waals surface area contributed by atoms with Crippen molar-refractivity contribution in [3.8, 4) is 0 Å². The Labute approximate surface area is 150 Å². The van der Waals surface area contributed by atoms with Crippen molar-refractivity contribution in [1.82, 2.24) is 25.8 Å². The van der Waals surface area contributed by atoms with Crippen molar-refractivity contribution < 1.29 is 4.52 Å². The molecule has 0 bridgehead atoms. The highest BCUT2D eigenvalue weighted by molar-refractivity contribution is 14.0. The van der Waals surface area contributed by atoms with E-state index in [1.54, 1.807) is 25.3 Å². The second-order valence-corrected chi connectivity index (χ2v) is 5.36. The monoisotopic (exact) mass is 437 g/mol. The fraction of sp³-hybridized carbons (Fsp3) is 0.500. The summed E-state index contributed by atoms with van der Waals surface area (Å²) < 4.78 is 4.91. The summed E-state index contributed by atoms with van der Waals surface area (Å²) in [6.07, 6.45) is 0. The van der Waals surface area contributed by atoms with Gasteiger partial charge >= 0.3 is 0 Å². The molecule has 0 unspecified atom stereocenters. The molecule has 10 heteroatoms. The molecule has 122 valence electrons. The number of rotatable bonds is 5. The lowest BCUT2D eigenvalue weighted by Crippen LogP contribution is -2.36. The van der Waals surface area contributed by atoms with Gasteiger partial charge in [0.05, 0.1) is 18.8 Å². The maximum absolute atomic E-state index is 4.91. The Bertz CT molecular complexity index is 610. The average molecular weight is 437 g/mol. The molecule has 0 aliphatic rings. The fourth-order valence-electron chi connectivity index (χ4n) is 1.55. The molecule has 0 radical (unpaired) electrons. The maximum atomic E-state index is 4.91. The summed E-state index contributed by atoms with van der Waals surface area (Å²) in [5.74, 6) is 1.81. The molecule has 0 amide bonds. The predicted octanol–water partition coefficient (Wildman–Crippen LogP) is 1.38. The second kappa shape index (κ2) is 8.88. The van der Waals surface area contributed by atoms with E-state index >= 15 is 0 Å². The van der Waals surface area contributed by atoms with Crippen LogP contribution in [0.3, 0.4) is 0 Å². The summed E-state index contributed by atoms with van der Waals surface area (Å²) in [6, 6.07) is 0. The summed E-state index contributed by atoms with van der Waals surface area (Å²) in [5, 5.41) is 13.1. The first-order chi connectivity index (χ1) is 10.1. The largest absolute Gasteiger partial charge is 0.354 e. The number of hydrogen-bond acceptors (Lipinski definition) is 7. The summed E-state index contributed by atoms with van der Waals surface area (Å²) in [5.41, 5.74) is 0.974. The molecule has 2 aromatic rings. The van der Waals surface area contributed by atoms with Gasteiger partial charge in [0.1, 0.15) is 0 Å². The first kappa shape index (κ1) is 18.6. The zero-order valence-corrected chi connectivity index (χ0v) is 16.1. The third kappa shape index (κ3) is 5.40. The van der Waals surface area contributed by atoms with E-state index in [4.69, 9.17) is 4.52 Å². The first-order valence-electron chi connectivity index (χ1n) is 6.44. The molecule has 0 aliphatic heterocycles. The van der Waals surface area contributed by atoms with Crippen LogP contribution in [-0.4, -0.2) is 42.2 Å². The molecule has 0 saturated heterocycles. The van der Waals surface area contributed by atoms with Gasteiger partial charge in [-0.2, -0.15) is 4.98 Å². The minimum atomic E-state index is 0. The van der Waals surface area contributed by atoms with E-state index < -0.39 is 0 Å². The average Bonchev–Trinajstić information content (AvgIpc) is 3.08. The summed E-state index contributed by atoms with van der Waals surface area (Å²) in [7, 11) is 5.66. The molecule has 2 aromatic heterocycles. The smallest absolute Gasteiger partial charge is 0.223 e. The zero-order valence-electron chi connectivity index (χ0n) is 13.0. The number of nitrogens with zero attached hydrogens (tertiary/aromatic N) is 5. The standard InChI is InChI=1S/C12H19N7OS.HI/c1-8-16-10(18-20-8)6-15-11(13-2)14-5-9-7-21-12(17-9)19(3)4;/h7H,5-6H2,1-4H3,(H2,13,14,15);1H. The Hall–Kier alpha value is -1.43. The summed E-state index contributed by atoms with van der Waals surface area (Å²) >= 11 is 1.61. The van der Waals surface area contributed by atoms with Crippen molar-refractivity contribution in [3.05, 3.63) is 22.8 Å². The number of nitrogens with one attached hydrogen (secondary N) is 2. The molecule has 0 atom stereocenters. The van der Waals surface area contributed by atoms with Crippen LogP contribution in [-0.2, 0) is 13.1 Å². The quantitative estimate of drug-likeness (QED) is 0.415. The minimum absolute atomic E-state index is 0. The van der Waals surface area contributed by atoms with E-state index in [0.717, 1.165) is 10.8 Å². The molecule has 2 heterocycles. The Morgan fingerprint density at radius 2 is 2.05 bits per heavy atom. The number of aromatic nitrogens is 3. The molecule has 0 aliphatic carbocycles. The summed E-state index contributed by atoms with van der Waals surface area (Å²) in [4.78, 5) is 14.7. The van der Waals surface area contributed by atoms with Crippen LogP contribution in [0.4, 0.5) is 5.13 Å². The van der Waals surface area contributed by atoms with Crippen molar-refractivity contribution in [2.75, 3.05) is 26.0 Å². The Morgan fingerprint density at radius 1 is 1.32 bits per heavy atom. The predicted molar refractivity (Wildman–Crippen MR) is 97.9 cm³/mol. The third-order valence-electron chi connectivity index (χ3n) is 2.57. The van der Waals surface area contributed by atoms with E-state index in [2.05, 4.69) is 30.8 Å². The van der Waals surface area contributed by atoms with E-state index in [9.17, 15) is 0 Å². The van der Waals surface area contributed by atoms with Crippen LogP contribution in [0.25, 0.3) is 0 Å². The number of aryl methyl sites for hydroxylation is 1. The molecular weight excluding hydrogens is 417 g/mol. The third-order valence-corrected chi connectivity index (χ3v) is 3.62. The topological polar surface area (TPSA) is 91.5 Å². The molecule has 0 aromatic carbocycles. The molecule has 0 fully saturated rings. The van der Waals surface area contributed by atoms with E-state index in [-0.39, 0.29) is 24.0 Å². The van der Waals surface area contributed by atoms with Crippen LogP contribution in [0.2, 0.25) is 0 Å². The van der Waals surface area contributed by atoms with Gasteiger partial charge in [-0.1, -0.05) is 5.16 Å². The molecule has 2 N–H and O–H groups in total. The van der Waals surface area contributed by atoms with Gasteiger partial charge in [-0.25, -0.2) is 4.98 Å². The lowest BCUT2D eigenvalue weighted by molar-refractivity contribution is 0.387. The van der Waals surface area contributed by atoms with Gasteiger partial charge in [-0.15, -0.1) is 35.3 Å². The van der Waals surface area contributed by atoms with Crippen molar-refractivity contribution in [1.29, 1.82) is 0 Å². The number of anilines is 1. The number of thiazole rings is 1. The highest BCUT2D eigenvalue weighted by Crippen LogP contribution is 2.17. The highest BCUT2D eigenvalue weighted by Gasteiger charge is 2.06. The Kier molecular flexibility index (Phi) is 7.51. The fourth-order valence-corrected chi connectivity index (χ4v) is 2.31. The van der Waals surface area contributed by atoms with Gasteiger partial charge in [-0.3, -0.25) is 4.99 Å². The normalized spacial score (nSPS) is 11.0. The maximum Gasteiger partial charge on any atom is 0.223 e. The molecule has 0 spiro atoms. The van der Waals surface area contributed by atoms with Crippen molar-refractivity contribution in [3.63, 3.8) is 0 Å². The lowest BCUT2D eigenvalue weighted by Gasteiger charge is -2.09. The highest BCUT2D eigenvalue weighted by atomic mass is 127. The van der Waals surface area contributed by atoms with E-state index in [0.29, 0.717) is 30.8 Å². The number of aliphatic imine (C=N–C) groups is 1. The SMILES string of the molecule is CN=C(NCc1csc(N(C)C)n1)NCc1noc(C)n1.I. The molecular formula is C12H20IN7OS. The van der Waals surface area contributed by atoms with E-state index in [1.165, 1.54) is 0 Å². The Balaban J connectivity index is 0.00000242. The van der Waals surface area contributed by atoms with Crippen LogP contribution in [0, 0.1) is 6.92 Å². The van der Waals surface area contributed by atoms with Gasteiger partial charge < -0.3 is 20.1 Å². The summed E-state index contributed by atoms with van der Waals surface area (Å²) in [6.45, 7) is 2.82. The van der Waals surface area contributed by atoms with Crippen molar-refractivity contribution in [2.45, 2.75) is 20.0 Å². The van der Waals surface area contributed by atoms with Crippen LogP contribution in [0.1, 0.15) is 17.4 Å². The van der Waals surface area contributed by atoms with Gasteiger partial charge in [-0.05, 0) is 0 Å². The van der Waals surface area contributed by atoms with Crippen LogP contribution >= 0.6 is 35.3 Å². The van der Waals surface area contributed by atoms with Crippen molar-refractivity contribution in [2.24, 2.45) is 4.99 Å². The first-order valence-corrected chi connectivity index (χ1v) is 7.32. The number of hydrogen-bond donors (Lipinski definition) is 2. The van der Waals surface area contributed by atoms with Crippen LogP contribution < -0.4 is 15.5 Å². The number of guanidine groups is 1. The van der Waals surface area contributed by atoms with Gasteiger partial charge in [0.15, 0.2) is 16.9 Å². The van der Waals surface area contributed by atoms with Crippen LogP contribution in [0.5, 0.6) is 0 Å². The molecule has 8 nitrogen and oxygen atoms in total. The van der Waals surface area contributed by atoms with Gasteiger partial charge in [0.2, 0.25) is 5.89 Å². The van der Waals surface area contributed by atoms with Crippen molar-refractivity contribution >= 4 is 46.4 Å². The van der Waals surface area contributed by atoms with Crippen LogP contribution in [0.15, 0.2) is 14.9 Å². The molecule has 22 heavy (non-hydrogen) atoms. The molecule has 0 saturated carbocycles.